The molecule has 0 atom stereocenters. The molecule has 0 aliphatic heterocycles. The molecule has 0 bridgehead atoms. The zero-order chi connectivity index (χ0) is 17.7. The minimum absolute atomic E-state index is 1.19. The number of imidazole rings is 2. The highest BCUT2D eigenvalue weighted by Crippen LogP contribution is 2.30. The maximum absolute atomic E-state index is 2.31. The molecular formula is C22H20N4+2. The Hall–Kier alpha value is -3.40. The van der Waals surface area contributed by atoms with Crippen molar-refractivity contribution in [2.24, 2.45) is 14.1 Å². The summed E-state index contributed by atoms with van der Waals surface area (Å²) in [4.78, 5) is 0. The molecule has 0 saturated heterocycles. The highest BCUT2D eigenvalue weighted by molar-refractivity contribution is 6.04. The lowest BCUT2D eigenvalue weighted by Crippen LogP contribution is -2.23. The van der Waals surface area contributed by atoms with E-state index in [1.807, 2.05) is 14.1 Å². The largest absolute Gasteiger partial charge is 0.248 e. The Bertz CT molecular complexity index is 1160. The first kappa shape index (κ1) is 14.9. The van der Waals surface area contributed by atoms with Gasteiger partial charge in [0.15, 0.2) is 0 Å². The summed E-state index contributed by atoms with van der Waals surface area (Å²) in [6.07, 6.45) is 12.5. The van der Waals surface area contributed by atoms with Crippen molar-refractivity contribution in [2.75, 3.05) is 0 Å². The van der Waals surface area contributed by atoms with Crippen LogP contribution in [0.2, 0.25) is 0 Å². The van der Waals surface area contributed by atoms with E-state index in [-0.39, 0.29) is 0 Å². The van der Waals surface area contributed by atoms with Gasteiger partial charge in [-0.2, -0.15) is 0 Å². The van der Waals surface area contributed by atoms with Crippen molar-refractivity contribution in [1.82, 2.24) is 9.13 Å². The maximum atomic E-state index is 2.31. The smallest absolute Gasteiger partial charge is 0.239 e. The molecule has 0 aliphatic carbocycles. The number of rotatable bonds is 2. The molecule has 5 rings (SSSR count). The summed E-state index contributed by atoms with van der Waals surface area (Å²) < 4.78 is 8.47. The van der Waals surface area contributed by atoms with Crippen LogP contribution in [0.5, 0.6) is 0 Å². The van der Waals surface area contributed by atoms with Gasteiger partial charge in [0.05, 0.1) is 14.1 Å². The number of hydrogen-bond donors (Lipinski definition) is 0. The third-order valence-corrected chi connectivity index (χ3v) is 4.93. The van der Waals surface area contributed by atoms with Crippen LogP contribution in [0, 0.1) is 0 Å². The van der Waals surface area contributed by atoms with E-state index in [2.05, 4.69) is 104 Å². The second-order valence-corrected chi connectivity index (χ2v) is 6.82. The van der Waals surface area contributed by atoms with Crippen molar-refractivity contribution in [3.05, 3.63) is 86.0 Å². The molecule has 2 heterocycles. The van der Waals surface area contributed by atoms with Gasteiger partial charge in [0.2, 0.25) is 12.7 Å². The van der Waals surface area contributed by atoms with E-state index in [0.717, 1.165) is 0 Å². The van der Waals surface area contributed by atoms with Crippen LogP contribution >= 0.6 is 0 Å². The Kier molecular flexibility index (Phi) is 3.19. The maximum Gasteiger partial charge on any atom is 0.248 e. The van der Waals surface area contributed by atoms with Gasteiger partial charge < -0.3 is 0 Å². The fourth-order valence-electron chi connectivity index (χ4n) is 3.65. The van der Waals surface area contributed by atoms with Crippen LogP contribution in [0.3, 0.4) is 0 Å². The molecule has 0 amide bonds. The van der Waals surface area contributed by atoms with Crippen LogP contribution in [0.4, 0.5) is 0 Å². The molecule has 2 aromatic heterocycles. The highest BCUT2D eigenvalue weighted by atomic mass is 15.1. The Labute approximate surface area is 151 Å². The predicted molar refractivity (Wildman–Crippen MR) is 102 cm³/mol. The van der Waals surface area contributed by atoms with Crippen LogP contribution in [0.25, 0.3) is 32.9 Å². The lowest BCUT2D eigenvalue weighted by atomic mass is 10.0. The molecule has 4 nitrogen and oxygen atoms in total. The highest BCUT2D eigenvalue weighted by Gasteiger charge is 2.14. The third-order valence-electron chi connectivity index (χ3n) is 4.93. The van der Waals surface area contributed by atoms with E-state index in [9.17, 15) is 0 Å². The first-order chi connectivity index (χ1) is 12.7. The number of aromatic nitrogens is 4. The molecule has 26 heavy (non-hydrogen) atoms. The topological polar surface area (TPSA) is 17.6 Å². The van der Waals surface area contributed by atoms with Crippen molar-refractivity contribution in [2.45, 2.75) is 0 Å². The normalized spacial score (nSPS) is 11.5. The van der Waals surface area contributed by atoms with Crippen molar-refractivity contribution < 1.29 is 9.13 Å². The van der Waals surface area contributed by atoms with Crippen molar-refractivity contribution in [1.29, 1.82) is 0 Å². The standard InChI is InChI=1S/C22H20N4/c1-23-9-11-25(15-23)21-7-3-5-17-13-18-6-4-8-22(20(18)14-19(17)21)26-12-10-24(2)16-26/h3-16H,1-2H3/q+2. The number of hydrogen-bond acceptors (Lipinski definition) is 0. The number of benzene rings is 3. The SMILES string of the molecule is C[n+]1ccn(-c2cccc3cc4cccc(-n5cc[n+](C)c5)c4cc23)c1. The van der Waals surface area contributed by atoms with Gasteiger partial charge in [-0.1, -0.05) is 24.3 Å². The molecule has 5 aromatic rings. The predicted octanol–water partition coefficient (Wildman–Crippen LogP) is 3.22. The van der Waals surface area contributed by atoms with Crippen LogP contribution in [-0.2, 0) is 14.1 Å². The molecular weight excluding hydrogens is 320 g/mol. The van der Waals surface area contributed by atoms with Gasteiger partial charge in [-0.25, -0.2) is 18.3 Å². The lowest BCUT2D eigenvalue weighted by molar-refractivity contribution is -0.670. The van der Waals surface area contributed by atoms with Gasteiger partial charge >= 0.3 is 0 Å². The molecule has 0 saturated carbocycles. The number of nitrogens with zero attached hydrogens (tertiary/aromatic N) is 4. The van der Waals surface area contributed by atoms with E-state index in [1.54, 1.807) is 0 Å². The number of aryl methyl sites for hydroxylation is 2. The Morgan fingerprint density at radius 3 is 1.58 bits per heavy atom. The monoisotopic (exact) mass is 340 g/mol. The molecule has 0 aliphatic rings. The molecule has 0 unspecified atom stereocenters. The number of fused-ring (bicyclic) bond motifs is 2. The second-order valence-electron chi connectivity index (χ2n) is 6.82. The first-order valence-corrected chi connectivity index (χ1v) is 8.72. The average molecular weight is 340 g/mol. The molecule has 0 radical (unpaired) electrons. The second kappa shape index (κ2) is 5.56. The van der Waals surface area contributed by atoms with Crippen LogP contribution in [0.15, 0.2) is 86.0 Å². The minimum Gasteiger partial charge on any atom is -0.239 e. The molecule has 3 aromatic carbocycles. The Morgan fingerprint density at radius 1 is 0.654 bits per heavy atom. The van der Waals surface area contributed by atoms with Crippen LogP contribution in [-0.4, -0.2) is 9.13 Å². The molecule has 126 valence electrons. The minimum atomic E-state index is 1.19. The summed E-state index contributed by atoms with van der Waals surface area (Å²) in [5.41, 5.74) is 2.38. The van der Waals surface area contributed by atoms with Crippen molar-refractivity contribution in [3.8, 4) is 11.4 Å². The molecule has 4 heteroatoms. The Morgan fingerprint density at radius 2 is 1.15 bits per heavy atom. The first-order valence-electron chi connectivity index (χ1n) is 8.72. The Balaban J connectivity index is 1.84. The summed E-state index contributed by atoms with van der Waals surface area (Å²) >= 11 is 0. The summed E-state index contributed by atoms with van der Waals surface area (Å²) in [6.45, 7) is 0. The van der Waals surface area contributed by atoms with Gasteiger partial charge in [-0.05, 0) is 35.0 Å². The van der Waals surface area contributed by atoms with E-state index in [4.69, 9.17) is 0 Å². The summed E-state index contributed by atoms with van der Waals surface area (Å²) in [5, 5.41) is 5.00. The molecule has 0 spiro atoms. The van der Waals surface area contributed by atoms with E-state index >= 15 is 0 Å². The van der Waals surface area contributed by atoms with Crippen molar-refractivity contribution >= 4 is 21.5 Å². The molecule has 0 N–H and O–H groups in total. The van der Waals surface area contributed by atoms with Gasteiger partial charge in [0, 0.05) is 10.8 Å². The fraction of sp³-hybridized carbons (Fsp3) is 0.0909. The summed E-state index contributed by atoms with van der Waals surface area (Å²) in [5.74, 6) is 0. The molecule has 0 fully saturated rings. The zero-order valence-electron chi connectivity index (χ0n) is 14.9. The lowest BCUT2D eigenvalue weighted by Gasteiger charge is -2.08. The van der Waals surface area contributed by atoms with Crippen LogP contribution < -0.4 is 9.13 Å². The van der Waals surface area contributed by atoms with Gasteiger partial charge in [0.25, 0.3) is 0 Å². The van der Waals surface area contributed by atoms with E-state index in [1.165, 1.54) is 32.9 Å². The summed E-state index contributed by atoms with van der Waals surface area (Å²) in [7, 11) is 4.09. The van der Waals surface area contributed by atoms with E-state index < -0.39 is 0 Å². The van der Waals surface area contributed by atoms with Crippen LogP contribution in [0.1, 0.15) is 0 Å². The summed E-state index contributed by atoms with van der Waals surface area (Å²) in [6, 6.07) is 17.6. The average Bonchev–Trinajstić information content (AvgIpc) is 3.27. The zero-order valence-corrected chi connectivity index (χ0v) is 14.9. The van der Waals surface area contributed by atoms with Crippen molar-refractivity contribution in [3.63, 3.8) is 0 Å². The van der Waals surface area contributed by atoms with E-state index in [0.29, 0.717) is 0 Å². The quantitative estimate of drug-likeness (QED) is 0.347. The van der Waals surface area contributed by atoms with Gasteiger partial charge in [-0.15, -0.1) is 0 Å². The van der Waals surface area contributed by atoms with Gasteiger partial charge in [-0.3, -0.25) is 0 Å². The third kappa shape index (κ3) is 2.30. The van der Waals surface area contributed by atoms with Gasteiger partial charge in [0.1, 0.15) is 36.2 Å². The fourth-order valence-corrected chi connectivity index (χ4v) is 3.65.